The number of rotatable bonds is 5. The van der Waals surface area contributed by atoms with Gasteiger partial charge < -0.3 is 5.11 Å². The normalized spacial score (nSPS) is 18.1. The highest BCUT2D eigenvalue weighted by Gasteiger charge is 2.48. The molecule has 6 heteroatoms. The van der Waals surface area contributed by atoms with E-state index in [-0.39, 0.29) is 0 Å². The van der Waals surface area contributed by atoms with Crippen LogP contribution in [0.5, 0.6) is 0 Å². The van der Waals surface area contributed by atoms with E-state index in [2.05, 4.69) is 22.4 Å². The zero-order valence-corrected chi connectivity index (χ0v) is 9.39. The van der Waals surface area contributed by atoms with Crippen molar-refractivity contribution in [3.63, 3.8) is 0 Å². The summed E-state index contributed by atoms with van der Waals surface area (Å²) in [6.45, 7) is 2.09. The molecule has 0 aliphatic heterocycles. The van der Waals surface area contributed by atoms with Crippen molar-refractivity contribution in [2.24, 2.45) is 0 Å². The summed E-state index contributed by atoms with van der Waals surface area (Å²) in [6, 6.07) is 0. The minimum Gasteiger partial charge on any atom is -0.479 e. The summed E-state index contributed by atoms with van der Waals surface area (Å²) in [4.78, 5) is 11.3. The molecule has 88 valence electrons. The molecule has 0 spiro atoms. The standard InChI is InChI=1S/C10H16N4O2/c1-2-3-5-8-11-12-13-14(8)10(9(15)16)6-4-7-10/h2-7H2,1H3,(H,15,16). The van der Waals surface area contributed by atoms with Gasteiger partial charge in [-0.25, -0.2) is 9.48 Å². The van der Waals surface area contributed by atoms with Crippen LogP contribution in [0.25, 0.3) is 0 Å². The van der Waals surface area contributed by atoms with Gasteiger partial charge in [0.15, 0.2) is 11.4 Å². The SMILES string of the molecule is CCCCc1nnnn1C1(C(=O)O)CCC1. The average molecular weight is 224 g/mol. The third-order valence-corrected chi connectivity index (χ3v) is 3.27. The van der Waals surface area contributed by atoms with Crippen molar-refractivity contribution in [1.29, 1.82) is 0 Å². The van der Waals surface area contributed by atoms with Gasteiger partial charge in [-0.3, -0.25) is 0 Å². The lowest BCUT2D eigenvalue weighted by atomic mass is 9.77. The topological polar surface area (TPSA) is 80.9 Å². The van der Waals surface area contributed by atoms with Crippen molar-refractivity contribution in [2.75, 3.05) is 0 Å². The van der Waals surface area contributed by atoms with Gasteiger partial charge >= 0.3 is 5.97 Å². The van der Waals surface area contributed by atoms with Crippen molar-refractivity contribution in [3.05, 3.63) is 5.82 Å². The number of carbonyl (C=O) groups is 1. The summed E-state index contributed by atoms with van der Waals surface area (Å²) in [5.41, 5.74) is -0.868. The van der Waals surface area contributed by atoms with Crippen molar-refractivity contribution >= 4 is 5.97 Å². The first-order valence-electron chi connectivity index (χ1n) is 5.72. The third kappa shape index (κ3) is 1.58. The van der Waals surface area contributed by atoms with E-state index in [0.717, 1.165) is 25.7 Å². The largest absolute Gasteiger partial charge is 0.479 e. The molecule has 1 aliphatic carbocycles. The highest BCUT2D eigenvalue weighted by Crippen LogP contribution is 2.39. The minimum absolute atomic E-state index is 0.631. The summed E-state index contributed by atoms with van der Waals surface area (Å²) in [6.07, 6.45) is 4.97. The second-order valence-electron chi connectivity index (χ2n) is 4.30. The van der Waals surface area contributed by atoms with Gasteiger partial charge in [0, 0.05) is 6.42 Å². The van der Waals surface area contributed by atoms with Gasteiger partial charge in [-0.05, 0) is 36.1 Å². The summed E-state index contributed by atoms with van der Waals surface area (Å²) < 4.78 is 1.52. The summed E-state index contributed by atoms with van der Waals surface area (Å²) in [5.74, 6) is -0.118. The van der Waals surface area contributed by atoms with Crippen molar-refractivity contribution in [1.82, 2.24) is 20.2 Å². The molecule has 1 heterocycles. The van der Waals surface area contributed by atoms with E-state index in [0.29, 0.717) is 18.7 Å². The van der Waals surface area contributed by atoms with E-state index in [1.54, 1.807) is 0 Å². The second-order valence-corrected chi connectivity index (χ2v) is 4.30. The molecule has 1 N–H and O–H groups in total. The van der Waals surface area contributed by atoms with E-state index < -0.39 is 11.5 Å². The highest BCUT2D eigenvalue weighted by atomic mass is 16.4. The molecule has 0 bridgehead atoms. The number of hydrogen-bond acceptors (Lipinski definition) is 4. The number of aryl methyl sites for hydroxylation is 1. The van der Waals surface area contributed by atoms with Crippen LogP contribution in [0.3, 0.4) is 0 Å². The predicted octanol–water partition coefficient (Wildman–Crippen LogP) is 0.979. The molecule has 1 saturated carbocycles. The fraction of sp³-hybridized carbons (Fsp3) is 0.800. The number of hydrogen-bond donors (Lipinski definition) is 1. The molecule has 1 aliphatic rings. The third-order valence-electron chi connectivity index (χ3n) is 3.27. The number of aromatic nitrogens is 4. The number of nitrogens with zero attached hydrogens (tertiary/aromatic N) is 4. The molecule has 0 unspecified atom stereocenters. The molecular formula is C10H16N4O2. The van der Waals surface area contributed by atoms with Crippen LogP contribution >= 0.6 is 0 Å². The van der Waals surface area contributed by atoms with Gasteiger partial charge in [-0.1, -0.05) is 13.3 Å². The lowest BCUT2D eigenvalue weighted by Crippen LogP contribution is -2.49. The van der Waals surface area contributed by atoms with Gasteiger partial charge in [0.05, 0.1) is 0 Å². The van der Waals surface area contributed by atoms with E-state index in [9.17, 15) is 9.90 Å². The van der Waals surface area contributed by atoms with Crippen molar-refractivity contribution in [3.8, 4) is 0 Å². The first-order chi connectivity index (χ1) is 7.70. The Hall–Kier alpha value is -1.46. The predicted molar refractivity (Wildman–Crippen MR) is 55.9 cm³/mol. The quantitative estimate of drug-likeness (QED) is 0.806. The Morgan fingerprint density at radius 1 is 1.56 bits per heavy atom. The van der Waals surface area contributed by atoms with E-state index in [1.165, 1.54) is 4.68 Å². The maximum atomic E-state index is 11.3. The number of carboxylic acid groups (broad SMARTS) is 1. The lowest BCUT2D eigenvalue weighted by molar-refractivity contribution is -0.153. The van der Waals surface area contributed by atoms with Crippen molar-refractivity contribution in [2.45, 2.75) is 51.0 Å². The lowest BCUT2D eigenvalue weighted by Gasteiger charge is -2.37. The summed E-state index contributed by atoms with van der Waals surface area (Å²) in [5, 5.41) is 20.7. The zero-order chi connectivity index (χ0) is 11.6. The first-order valence-corrected chi connectivity index (χ1v) is 5.72. The molecule has 1 fully saturated rings. The van der Waals surface area contributed by atoms with Gasteiger partial charge in [0.2, 0.25) is 0 Å². The van der Waals surface area contributed by atoms with Gasteiger partial charge in [-0.2, -0.15) is 0 Å². The number of tetrazole rings is 1. The highest BCUT2D eigenvalue weighted by molar-refractivity contribution is 5.77. The maximum absolute atomic E-state index is 11.3. The van der Waals surface area contributed by atoms with Crippen LogP contribution in [0.1, 0.15) is 44.9 Å². The van der Waals surface area contributed by atoms with Gasteiger partial charge in [-0.15, -0.1) is 5.10 Å². The monoisotopic (exact) mass is 224 g/mol. The van der Waals surface area contributed by atoms with Crippen LogP contribution in [0.4, 0.5) is 0 Å². The number of aliphatic carboxylic acids is 1. The van der Waals surface area contributed by atoms with E-state index >= 15 is 0 Å². The van der Waals surface area contributed by atoms with Gasteiger partial charge in [0.25, 0.3) is 0 Å². The Kier molecular flexibility index (Phi) is 2.89. The molecule has 0 saturated heterocycles. The fourth-order valence-corrected chi connectivity index (χ4v) is 2.06. The summed E-state index contributed by atoms with van der Waals surface area (Å²) in [7, 11) is 0. The fourth-order valence-electron chi connectivity index (χ4n) is 2.06. The second kappa shape index (κ2) is 4.19. The first kappa shape index (κ1) is 11.0. The van der Waals surface area contributed by atoms with Crippen LogP contribution < -0.4 is 0 Å². The van der Waals surface area contributed by atoms with Crippen LogP contribution in [-0.4, -0.2) is 31.3 Å². The molecule has 0 atom stereocenters. The molecule has 6 nitrogen and oxygen atoms in total. The smallest absolute Gasteiger partial charge is 0.331 e. The Morgan fingerprint density at radius 3 is 2.81 bits per heavy atom. The molecule has 0 aromatic carbocycles. The van der Waals surface area contributed by atoms with E-state index in [4.69, 9.17) is 0 Å². The Morgan fingerprint density at radius 2 is 2.31 bits per heavy atom. The average Bonchev–Trinajstić information content (AvgIpc) is 2.61. The van der Waals surface area contributed by atoms with Crippen LogP contribution in [0.15, 0.2) is 0 Å². The van der Waals surface area contributed by atoms with Crippen LogP contribution in [-0.2, 0) is 16.8 Å². The maximum Gasteiger partial charge on any atom is 0.331 e. The molecule has 0 amide bonds. The summed E-state index contributed by atoms with van der Waals surface area (Å²) >= 11 is 0. The van der Waals surface area contributed by atoms with Crippen LogP contribution in [0, 0.1) is 0 Å². The minimum atomic E-state index is -0.868. The Bertz CT molecular complexity index is 384. The zero-order valence-electron chi connectivity index (χ0n) is 9.39. The molecule has 1 aromatic rings. The number of carboxylic acids is 1. The molecule has 16 heavy (non-hydrogen) atoms. The molecule has 2 rings (SSSR count). The van der Waals surface area contributed by atoms with E-state index in [1.807, 2.05) is 0 Å². The van der Waals surface area contributed by atoms with Crippen LogP contribution in [0.2, 0.25) is 0 Å². The molecule has 0 radical (unpaired) electrons. The van der Waals surface area contributed by atoms with Crippen molar-refractivity contribution < 1.29 is 9.90 Å². The molecule has 1 aromatic heterocycles. The number of unbranched alkanes of at least 4 members (excludes halogenated alkanes) is 1. The van der Waals surface area contributed by atoms with Gasteiger partial charge in [0.1, 0.15) is 0 Å². The molecular weight excluding hydrogens is 208 g/mol. The Balaban J connectivity index is 2.25. The Labute approximate surface area is 93.6 Å².